The van der Waals surface area contributed by atoms with Crippen molar-refractivity contribution in [1.82, 2.24) is 15.2 Å². The fraction of sp³-hybridized carbons (Fsp3) is 0.455. The van der Waals surface area contributed by atoms with E-state index in [-0.39, 0.29) is 17.9 Å². The number of benzene rings is 1. The Morgan fingerprint density at radius 1 is 1.23 bits per heavy atom. The van der Waals surface area contributed by atoms with E-state index in [1.165, 1.54) is 6.07 Å². The van der Waals surface area contributed by atoms with Crippen LogP contribution in [0.25, 0.3) is 0 Å². The van der Waals surface area contributed by atoms with E-state index >= 15 is 0 Å². The first-order chi connectivity index (χ1) is 14.7. The van der Waals surface area contributed by atoms with Gasteiger partial charge in [-0.25, -0.2) is 4.98 Å². The minimum Gasteiger partial charge on any atom is -0.357 e. The zero-order valence-electron chi connectivity index (χ0n) is 17.5. The third-order valence-electron chi connectivity index (χ3n) is 5.62. The van der Waals surface area contributed by atoms with Gasteiger partial charge in [-0.3, -0.25) is 4.79 Å². The lowest BCUT2D eigenvalue weighted by atomic mass is 9.95. The van der Waals surface area contributed by atoms with Crippen LogP contribution < -0.4 is 10.2 Å². The minimum atomic E-state index is -4.40. The van der Waals surface area contributed by atoms with E-state index in [4.69, 9.17) is 11.6 Å². The van der Waals surface area contributed by atoms with E-state index in [1.54, 1.807) is 0 Å². The van der Waals surface area contributed by atoms with Gasteiger partial charge in [-0.1, -0.05) is 29.8 Å². The van der Waals surface area contributed by atoms with Gasteiger partial charge >= 0.3 is 6.18 Å². The number of aromatic nitrogens is 1. The number of hydrogen-bond donors (Lipinski definition) is 1. The van der Waals surface area contributed by atoms with Crippen molar-refractivity contribution in [2.24, 2.45) is 5.92 Å². The SMILES string of the molecule is CN(C)[C@H](CNC(=O)C1CCN(c2ccc(C(F)(F)F)cn2)CC1)c1ccccc1Cl. The summed E-state index contributed by atoms with van der Waals surface area (Å²) in [7, 11) is 3.88. The first-order valence-corrected chi connectivity index (χ1v) is 10.5. The van der Waals surface area contributed by atoms with Crippen LogP contribution in [-0.2, 0) is 11.0 Å². The Kier molecular flexibility index (Phi) is 7.43. The molecule has 1 N–H and O–H groups in total. The molecule has 1 amide bonds. The van der Waals surface area contributed by atoms with E-state index in [1.807, 2.05) is 48.2 Å². The number of alkyl halides is 3. The maximum Gasteiger partial charge on any atom is 0.417 e. The molecule has 0 saturated carbocycles. The molecule has 1 fully saturated rings. The number of amides is 1. The molecule has 0 aliphatic carbocycles. The van der Waals surface area contributed by atoms with Crippen LogP contribution in [0.1, 0.15) is 30.0 Å². The van der Waals surface area contributed by atoms with Crippen LogP contribution in [0, 0.1) is 5.92 Å². The molecule has 1 aliphatic heterocycles. The van der Waals surface area contributed by atoms with Crippen molar-refractivity contribution in [1.29, 1.82) is 0 Å². The lowest BCUT2D eigenvalue weighted by Gasteiger charge is -2.33. The number of nitrogens with one attached hydrogen (secondary N) is 1. The predicted molar refractivity (Wildman–Crippen MR) is 115 cm³/mol. The Morgan fingerprint density at radius 3 is 2.45 bits per heavy atom. The Morgan fingerprint density at radius 2 is 1.90 bits per heavy atom. The van der Waals surface area contributed by atoms with Crippen molar-refractivity contribution in [2.45, 2.75) is 25.1 Å². The molecule has 2 heterocycles. The summed E-state index contributed by atoms with van der Waals surface area (Å²) in [4.78, 5) is 20.6. The Bertz CT molecular complexity index is 881. The largest absolute Gasteiger partial charge is 0.417 e. The molecule has 1 aromatic carbocycles. The summed E-state index contributed by atoms with van der Waals surface area (Å²) >= 11 is 6.32. The lowest BCUT2D eigenvalue weighted by Crippen LogP contribution is -2.43. The summed E-state index contributed by atoms with van der Waals surface area (Å²) in [5.41, 5.74) is 0.192. The minimum absolute atomic E-state index is 0.0149. The van der Waals surface area contributed by atoms with Crippen molar-refractivity contribution in [2.75, 3.05) is 38.6 Å². The van der Waals surface area contributed by atoms with E-state index in [0.717, 1.165) is 17.8 Å². The number of carbonyl (C=O) groups is 1. The zero-order chi connectivity index (χ0) is 22.6. The van der Waals surface area contributed by atoms with Crippen LogP contribution in [0.3, 0.4) is 0 Å². The second kappa shape index (κ2) is 9.87. The van der Waals surface area contributed by atoms with Gasteiger partial charge in [0.15, 0.2) is 0 Å². The van der Waals surface area contributed by atoms with Gasteiger partial charge in [0.25, 0.3) is 0 Å². The van der Waals surface area contributed by atoms with E-state index in [9.17, 15) is 18.0 Å². The molecule has 0 unspecified atom stereocenters. The molecular formula is C22H26ClF3N4O. The van der Waals surface area contributed by atoms with Crippen molar-refractivity contribution >= 4 is 23.3 Å². The zero-order valence-corrected chi connectivity index (χ0v) is 18.2. The second-order valence-electron chi connectivity index (χ2n) is 7.91. The van der Waals surface area contributed by atoms with E-state index < -0.39 is 11.7 Å². The molecule has 1 aliphatic rings. The number of anilines is 1. The average molecular weight is 455 g/mol. The van der Waals surface area contributed by atoms with Gasteiger partial charge in [-0.05, 0) is 50.7 Å². The molecular weight excluding hydrogens is 429 g/mol. The third kappa shape index (κ3) is 5.89. The van der Waals surface area contributed by atoms with Crippen molar-refractivity contribution in [3.63, 3.8) is 0 Å². The fourth-order valence-corrected chi connectivity index (χ4v) is 4.03. The second-order valence-corrected chi connectivity index (χ2v) is 8.32. The van der Waals surface area contributed by atoms with Crippen LogP contribution in [0.5, 0.6) is 0 Å². The Balaban J connectivity index is 1.53. The molecule has 1 atom stereocenters. The number of pyridine rings is 1. The molecule has 0 radical (unpaired) electrons. The van der Waals surface area contributed by atoms with Gasteiger partial charge in [0.05, 0.1) is 11.6 Å². The molecule has 0 spiro atoms. The predicted octanol–water partition coefficient (Wildman–Crippen LogP) is 4.39. The summed E-state index contributed by atoms with van der Waals surface area (Å²) in [6.45, 7) is 1.58. The quantitative estimate of drug-likeness (QED) is 0.703. The number of carbonyl (C=O) groups excluding carboxylic acids is 1. The van der Waals surface area contributed by atoms with Crippen LogP contribution in [-0.4, -0.2) is 49.5 Å². The maximum atomic E-state index is 12.7. The molecule has 31 heavy (non-hydrogen) atoms. The third-order valence-corrected chi connectivity index (χ3v) is 5.97. The highest BCUT2D eigenvalue weighted by molar-refractivity contribution is 6.31. The van der Waals surface area contributed by atoms with E-state index in [2.05, 4.69) is 10.3 Å². The Hall–Kier alpha value is -2.32. The highest BCUT2D eigenvalue weighted by Crippen LogP contribution is 2.30. The molecule has 3 rings (SSSR count). The monoisotopic (exact) mass is 454 g/mol. The van der Waals surface area contributed by atoms with Gasteiger partial charge < -0.3 is 15.1 Å². The smallest absolute Gasteiger partial charge is 0.357 e. The fourth-order valence-electron chi connectivity index (χ4n) is 3.77. The summed E-state index contributed by atoms with van der Waals surface area (Å²) in [6, 6.07) is 9.95. The number of piperidine rings is 1. The highest BCUT2D eigenvalue weighted by atomic mass is 35.5. The molecule has 1 saturated heterocycles. The van der Waals surface area contributed by atoms with Crippen LogP contribution in [0.2, 0.25) is 5.02 Å². The number of likely N-dealkylation sites (N-methyl/N-ethyl adjacent to an activating group) is 1. The number of rotatable bonds is 6. The number of hydrogen-bond acceptors (Lipinski definition) is 4. The topological polar surface area (TPSA) is 48.5 Å². The lowest BCUT2D eigenvalue weighted by molar-refractivity contribution is -0.137. The van der Waals surface area contributed by atoms with Gasteiger partial charge in [-0.2, -0.15) is 13.2 Å². The van der Waals surface area contributed by atoms with Crippen LogP contribution in [0.4, 0.5) is 19.0 Å². The summed E-state index contributed by atoms with van der Waals surface area (Å²) in [5, 5.41) is 3.70. The number of nitrogens with zero attached hydrogens (tertiary/aromatic N) is 3. The maximum absolute atomic E-state index is 12.7. The molecule has 1 aromatic heterocycles. The first kappa shape index (κ1) is 23.3. The molecule has 168 valence electrons. The van der Waals surface area contributed by atoms with Gasteiger partial charge in [0.2, 0.25) is 5.91 Å². The van der Waals surface area contributed by atoms with E-state index in [0.29, 0.717) is 43.3 Å². The summed E-state index contributed by atoms with van der Waals surface area (Å²) < 4.78 is 38.1. The first-order valence-electron chi connectivity index (χ1n) is 10.1. The summed E-state index contributed by atoms with van der Waals surface area (Å²) in [6.07, 6.45) is -2.31. The number of halogens is 4. The average Bonchev–Trinajstić information content (AvgIpc) is 2.74. The molecule has 5 nitrogen and oxygen atoms in total. The normalized spacial score (nSPS) is 16.4. The van der Waals surface area contributed by atoms with Crippen LogP contribution in [0.15, 0.2) is 42.6 Å². The van der Waals surface area contributed by atoms with Crippen molar-refractivity contribution < 1.29 is 18.0 Å². The van der Waals surface area contributed by atoms with Crippen LogP contribution >= 0.6 is 11.6 Å². The molecule has 9 heteroatoms. The highest BCUT2D eigenvalue weighted by Gasteiger charge is 2.31. The molecule has 0 bridgehead atoms. The van der Waals surface area contributed by atoms with Gasteiger partial charge in [0.1, 0.15) is 5.82 Å². The van der Waals surface area contributed by atoms with Gasteiger partial charge in [-0.15, -0.1) is 0 Å². The standard InChI is InChI=1S/C22H26ClF3N4O/c1-29(2)19(17-5-3-4-6-18(17)23)14-28-21(31)15-9-11-30(12-10-15)20-8-7-16(13-27-20)22(24,25)26/h3-8,13,15,19H,9-12,14H2,1-2H3,(H,28,31)/t19-/m1/s1. The van der Waals surface area contributed by atoms with Crippen molar-refractivity contribution in [3.8, 4) is 0 Å². The Labute approximate surface area is 185 Å². The molecule has 2 aromatic rings. The van der Waals surface area contributed by atoms with Gasteiger partial charge in [0, 0.05) is 36.8 Å². The summed E-state index contributed by atoms with van der Waals surface area (Å²) in [5.74, 6) is 0.344. The van der Waals surface area contributed by atoms with Crippen molar-refractivity contribution in [3.05, 3.63) is 58.7 Å².